The molecule has 2 nitrogen and oxygen atoms in total. The lowest BCUT2D eigenvalue weighted by atomic mass is 10.4. The number of hydrogen-bond donors (Lipinski definition) is 2. The highest BCUT2D eigenvalue weighted by atomic mass is 15.1. The molecule has 2 aliphatic rings. The van der Waals surface area contributed by atoms with Crippen LogP contribution in [0, 0.1) is 11.8 Å². The summed E-state index contributed by atoms with van der Waals surface area (Å²) in [5.41, 5.74) is 0. The predicted octanol–water partition coefficient (Wildman–Crippen LogP) is -0.186. The highest BCUT2D eigenvalue weighted by Crippen LogP contribution is 2.41. The number of rotatable bonds is 2. The summed E-state index contributed by atoms with van der Waals surface area (Å²) in [5, 5.41) is 6.85. The molecule has 0 radical (unpaired) electrons. The lowest BCUT2D eigenvalue weighted by Crippen LogP contribution is -2.27. The Morgan fingerprint density at radius 3 is 2.67 bits per heavy atom. The summed E-state index contributed by atoms with van der Waals surface area (Å²) in [4.78, 5) is 0. The molecule has 2 rings (SSSR count). The molecule has 0 aromatic carbocycles. The van der Waals surface area contributed by atoms with Crippen LogP contribution in [-0.4, -0.2) is 25.7 Å². The van der Waals surface area contributed by atoms with Crippen LogP contribution in [0.5, 0.6) is 0 Å². The van der Waals surface area contributed by atoms with Gasteiger partial charge >= 0.3 is 0 Å². The molecule has 0 aromatic rings. The second-order valence-electron chi connectivity index (χ2n) is 3.07. The second-order valence-corrected chi connectivity index (χ2v) is 3.07. The van der Waals surface area contributed by atoms with Crippen LogP contribution in [0.1, 0.15) is 6.92 Å². The number of piperidine rings is 1. The molecule has 1 heterocycles. The van der Waals surface area contributed by atoms with Crippen LogP contribution in [0.3, 0.4) is 0 Å². The first kappa shape index (κ1) is 5.69. The zero-order valence-electron chi connectivity index (χ0n) is 5.85. The monoisotopic (exact) mass is 126 g/mol. The van der Waals surface area contributed by atoms with Crippen molar-refractivity contribution in [1.29, 1.82) is 0 Å². The molecule has 52 valence electrons. The van der Waals surface area contributed by atoms with E-state index in [1.54, 1.807) is 0 Å². The third kappa shape index (κ3) is 0.775. The van der Waals surface area contributed by atoms with E-state index in [1.165, 1.54) is 13.1 Å². The Balaban J connectivity index is 1.81. The van der Waals surface area contributed by atoms with E-state index in [0.29, 0.717) is 0 Å². The largest absolute Gasteiger partial charge is 0.316 e. The molecule has 1 saturated carbocycles. The SMILES string of the molecule is CCNC1[C@H]2CNC[C@@H]12. The van der Waals surface area contributed by atoms with Crippen LogP contribution < -0.4 is 10.6 Å². The molecular weight excluding hydrogens is 112 g/mol. The van der Waals surface area contributed by atoms with Gasteiger partial charge in [-0.1, -0.05) is 6.92 Å². The molecule has 0 amide bonds. The minimum absolute atomic E-state index is 0.872. The van der Waals surface area contributed by atoms with E-state index in [0.717, 1.165) is 24.4 Å². The molecule has 2 fully saturated rings. The van der Waals surface area contributed by atoms with Crippen LogP contribution in [0.4, 0.5) is 0 Å². The standard InChI is InChI=1S/C7H14N2/c1-2-9-7-5-3-8-4-6(5)7/h5-9H,2-4H2,1H3/t5-,6+,7?. The maximum Gasteiger partial charge on any atom is 0.0155 e. The van der Waals surface area contributed by atoms with Crippen LogP contribution in [0.2, 0.25) is 0 Å². The van der Waals surface area contributed by atoms with E-state index in [4.69, 9.17) is 0 Å². The van der Waals surface area contributed by atoms with Crippen molar-refractivity contribution >= 4 is 0 Å². The van der Waals surface area contributed by atoms with E-state index in [1.807, 2.05) is 0 Å². The summed E-state index contributed by atoms with van der Waals surface area (Å²) in [7, 11) is 0. The summed E-state index contributed by atoms with van der Waals surface area (Å²) in [6.07, 6.45) is 0. The molecule has 9 heavy (non-hydrogen) atoms. The van der Waals surface area contributed by atoms with Gasteiger partial charge in [-0.3, -0.25) is 0 Å². The average molecular weight is 126 g/mol. The fraction of sp³-hybridized carbons (Fsp3) is 1.00. The molecular formula is C7H14N2. The van der Waals surface area contributed by atoms with Crippen molar-refractivity contribution in [3.05, 3.63) is 0 Å². The summed E-state index contributed by atoms with van der Waals surface area (Å²) < 4.78 is 0. The molecule has 1 unspecified atom stereocenters. The van der Waals surface area contributed by atoms with Crippen molar-refractivity contribution in [3.8, 4) is 0 Å². The molecule has 1 saturated heterocycles. The first-order valence-electron chi connectivity index (χ1n) is 3.87. The quantitative estimate of drug-likeness (QED) is 0.536. The summed E-state index contributed by atoms with van der Waals surface area (Å²) in [5.74, 6) is 1.95. The van der Waals surface area contributed by atoms with Crippen LogP contribution in [0.25, 0.3) is 0 Å². The average Bonchev–Trinajstić information content (AvgIpc) is 2.39. The van der Waals surface area contributed by atoms with Crippen LogP contribution in [-0.2, 0) is 0 Å². The second kappa shape index (κ2) is 1.96. The fourth-order valence-electron chi connectivity index (χ4n) is 1.96. The lowest BCUT2D eigenvalue weighted by molar-refractivity contribution is 0.582. The van der Waals surface area contributed by atoms with Gasteiger partial charge in [0.2, 0.25) is 0 Å². The molecule has 3 atom stereocenters. The first-order valence-corrected chi connectivity index (χ1v) is 3.87. The van der Waals surface area contributed by atoms with Crippen molar-refractivity contribution < 1.29 is 0 Å². The predicted molar refractivity (Wildman–Crippen MR) is 37.3 cm³/mol. The highest BCUT2D eigenvalue weighted by molar-refractivity contribution is 5.08. The first-order chi connectivity index (χ1) is 4.43. The minimum atomic E-state index is 0.872. The van der Waals surface area contributed by atoms with Crippen molar-refractivity contribution in [3.63, 3.8) is 0 Å². The lowest BCUT2D eigenvalue weighted by Gasteiger charge is -2.02. The van der Waals surface area contributed by atoms with E-state index < -0.39 is 0 Å². The van der Waals surface area contributed by atoms with Crippen LogP contribution >= 0.6 is 0 Å². The number of fused-ring (bicyclic) bond motifs is 1. The van der Waals surface area contributed by atoms with Gasteiger partial charge in [-0.25, -0.2) is 0 Å². The van der Waals surface area contributed by atoms with Crippen molar-refractivity contribution in [1.82, 2.24) is 10.6 Å². The van der Waals surface area contributed by atoms with Gasteiger partial charge in [0, 0.05) is 6.04 Å². The molecule has 2 heteroatoms. The summed E-state index contributed by atoms with van der Waals surface area (Å²) in [6.45, 7) is 5.82. The normalized spacial score (nSPS) is 47.0. The smallest absolute Gasteiger partial charge is 0.0155 e. The van der Waals surface area contributed by atoms with Gasteiger partial charge in [0.05, 0.1) is 0 Å². The number of nitrogens with one attached hydrogen (secondary N) is 2. The van der Waals surface area contributed by atoms with Crippen molar-refractivity contribution in [2.24, 2.45) is 11.8 Å². The van der Waals surface area contributed by atoms with Gasteiger partial charge in [0.15, 0.2) is 0 Å². The molecule has 1 aliphatic heterocycles. The maximum atomic E-state index is 3.48. The fourth-order valence-corrected chi connectivity index (χ4v) is 1.96. The van der Waals surface area contributed by atoms with Crippen LogP contribution in [0.15, 0.2) is 0 Å². The summed E-state index contributed by atoms with van der Waals surface area (Å²) in [6, 6.07) is 0.872. The topological polar surface area (TPSA) is 24.1 Å². The van der Waals surface area contributed by atoms with Gasteiger partial charge < -0.3 is 10.6 Å². The zero-order chi connectivity index (χ0) is 6.27. The molecule has 0 spiro atoms. The van der Waals surface area contributed by atoms with Gasteiger partial charge in [-0.15, -0.1) is 0 Å². The van der Waals surface area contributed by atoms with E-state index in [9.17, 15) is 0 Å². The van der Waals surface area contributed by atoms with Gasteiger partial charge in [0.1, 0.15) is 0 Å². The molecule has 0 aromatic heterocycles. The van der Waals surface area contributed by atoms with Gasteiger partial charge in [-0.2, -0.15) is 0 Å². The molecule has 1 aliphatic carbocycles. The third-order valence-electron chi connectivity index (χ3n) is 2.53. The van der Waals surface area contributed by atoms with Gasteiger partial charge in [0.25, 0.3) is 0 Å². The molecule has 0 bridgehead atoms. The van der Waals surface area contributed by atoms with E-state index in [2.05, 4.69) is 17.6 Å². The van der Waals surface area contributed by atoms with Crippen molar-refractivity contribution in [2.45, 2.75) is 13.0 Å². The highest BCUT2D eigenvalue weighted by Gasteiger charge is 2.52. The molecule has 2 N–H and O–H groups in total. The van der Waals surface area contributed by atoms with E-state index >= 15 is 0 Å². The number of hydrogen-bond acceptors (Lipinski definition) is 2. The van der Waals surface area contributed by atoms with Crippen molar-refractivity contribution in [2.75, 3.05) is 19.6 Å². The Hall–Kier alpha value is -0.0800. The van der Waals surface area contributed by atoms with E-state index in [-0.39, 0.29) is 0 Å². The third-order valence-corrected chi connectivity index (χ3v) is 2.53. The minimum Gasteiger partial charge on any atom is -0.316 e. The Bertz CT molecular complexity index is 103. The van der Waals surface area contributed by atoms with Gasteiger partial charge in [-0.05, 0) is 31.5 Å². The zero-order valence-corrected chi connectivity index (χ0v) is 5.85. The Morgan fingerprint density at radius 1 is 1.44 bits per heavy atom. The Morgan fingerprint density at radius 2 is 2.11 bits per heavy atom. The Labute approximate surface area is 56.0 Å². The maximum absolute atomic E-state index is 3.48. The summed E-state index contributed by atoms with van der Waals surface area (Å²) >= 11 is 0. The Kier molecular flexibility index (Phi) is 1.24.